The van der Waals surface area contributed by atoms with Gasteiger partial charge in [0.15, 0.2) is 0 Å². The molecule has 1 fully saturated rings. The van der Waals surface area contributed by atoms with Crippen molar-refractivity contribution in [2.24, 2.45) is 5.41 Å². The fourth-order valence-corrected chi connectivity index (χ4v) is 1.77. The molecule has 0 amide bonds. The molecule has 0 aliphatic heterocycles. The summed E-state index contributed by atoms with van der Waals surface area (Å²) in [5.74, 6) is 0.359. The lowest BCUT2D eigenvalue weighted by atomic mass is 10.0. The van der Waals surface area contributed by atoms with Gasteiger partial charge in [-0.3, -0.25) is 4.79 Å². The van der Waals surface area contributed by atoms with Gasteiger partial charge in [-0.25, -0.2) is 4.98 Å². The highest BCUT2D eigenvalue weighted by Crippen LogP contribution is 2.46. The van der Waals surface area contributed by atoms with Gasteiger partial charge in [0, 0.05) is 17.0 Å². The van der Waals surface area contributed by atoms with E-state index >= 15 is 0 Å². The number of nitrogens with zero attached hydrogens (tertiary/aromatic N) is 1. The maximum atomic E-state index is 11.6. The second-order valence-corrected chi connectivity index (χ2v) is 4.57. The highest BCUT2D eigenvalue weighted by molar-refractivity contribution is 7.09. The molecule has 0 aromatic carbocycles. The summed E-state index contributed by atoms with van der Waals surface area (Å²) in [6.07, 6.45) is 4.42. The first-order valence-corrected chi connectivity index (χ1v) is 5.00. The molecule has 3 heteroatoms. The molecule has 2 rings (SSSR count). The van der Waals surface area contributed by atoms with Crippen molar-refractivity contribution in [2.75, 3.05) is 0 Å². The third-order valence-corrected chi connectivity index (χ3v) is 3.25. The van der Waals surface area contributed by atoms with E-state index in [1.54, 1.807) is 17.5 Å². The molecule has 1 aromatic heterocycles. The number of carbonyl (C=O) groups is 1. The van der Waals surface area contributed by atoms with Gasteiger partial charge in [-0.2, -0.15) is 0 Å². The molecule has 0 unspecified atom stereocenters. The van der Waals surface area contributed by atoms with Crippen LogP contribution in [0.3, 0.4) is 0 Å². The molecule has 1 aromatic rings. The van der Waals surface area contributed by atoms with Crippen LogP contribution < -0.4 is 0 Å². The Hall–Kier alpha value is -0.700. The minimum absolute atomic E-state index is 0.00562. The van der Waals surface area contributed by atoms with E-state index in [0.29, 0.717) is 12.2 Å². The lowest BCUT2D eigenvalue weighted by Gasteiger charge is -2.03. The van der Waals surface area contributed by atoms with E-state index in [9.17, 15) is 4.79 Å². The normalized spacial score (nSPS) is 19.1. The average molecular weight is 181 g/mol. The molecule has 1 aliphatic rings. The molecule has 0 N–H and O–H groups in total. The highest BCUT2D eigenvalue weighted by atomic mass is 32.1. The van der Waals surface area contributed by atoms with Crippen molar-refractivity contribution in [2.45, 2.75) is 26.2 Å². The number of hydrogen-bond acceptors (Lipinski definition) is 3. The molecule has 12 heavy (non-hydrogen) atoms. The van der Waals surface area contributed by atoms with Gasteiger partial charge in [-0.05, 0) is 12.8 Å². The Balaban J connectivity index is 2.00. The van der Waals surface area contributed by atoms with Gasteiger partial charge < -0.3 is 0 Å². The fraction of sp³-hybridized carbons (Fsp3) is 0.556. The van der Waals surface area contributed by atoms with Crippen LogP contribution in [-0.4, -0.2) is 10.8 Å². The van der Waals surface area contributed by atoms with Crippen molar-refractivity contribution in [3.63, 3.8) is 0 Å². The smallest absolute Gasteiger partial charge is 0.145 e. The molecule has 1 saturated carbocycles. The van der Waals surface area contributed by atoms with Gasteiger partial charge in [0.25, 0.3) is 0 Å². The van der Waals surface area contributed by atoms with Gasteiger partial charge in [-0.15, -0.1) is 11.3 Å². The Morgan fingerprint density at radius 2 is 2.50 bits per heavy atom. The Bertz CT molecular complexity index is 287. The van der Waals surface area contributed by atoms with Gasteiger partial charge in [0.1, 0.15) is 5.78 Å². The molecule has 0 spiro atoms. The van der Waals surface area contributed by atoms with Gasteiger partial charge in [-0.1, -0.05) is 6.92 Å². The Morgan fingerprint density at radius 3 is 3.00 bits per heavy atom. The minimum atomic E-state index is 0.00562. The first-order valence-electron chi connectivity index (χ1n) is 4.12. The van der Waals surface area contributed by atoms with E-state index in [1.165, 1.54) is 0 Å². The Kier molecular flexibility index (Phi) is 1.76. The first-order chi connectivity index (χ1) is 5.71. The van der Waals surface area contributed by atoms with Gasteiger partial charge in [0.05, 0.1) is 11.4 Å². The summed E-state index contributed by atoms with van der Waals surface area (Å²) in [7, 11) is 0. The molecule has 0 bridgehead atoms. The number of ketones is 1. The van der Waals surface area contributed by atoms with Crippen molar-refractivity contribution in [1.29, 1.82) is 0 Å². The van der Waals surface area contributed by atoms with E-state index in [4.69, 9.17) is 0 Å². The number of rotatable bonds is 3. The predicted octanol–water partition coefficient (Wildman–Crippen LogP) is 2.05. The van der Waals surface area contributed by atoms with E-state index < -0.39 is 0 Å². The summed E-state index contributed by atoms with van der Waals surface area (Å²) >= 11 is 1.56. The molecule has 64 valence electrons. The fourth-order valence-electron chi connectivity index (χ4n) is 1.16. The van der Waals surface area contributed by atoms with Crippen LogP contribution in [0, 0.1) is 5.41 Å². The standard InChI is InChI=1S/C9H11NOS/c1-9(2-3-9)7(11)6-8-10-4-5-12-8/h4-5H,2-3,6H2,1H3. The molecule has 1 heterocycles. The maximum absolute atomic E-state index is 11.6. The quantitative estimate of drug-likeness (QED) is 0.714. The van der Waals surface area contributed by atoms with Crippen LogP contribution in [-0.2, 0) is 11.2 Å². The lowest BCUT2D eigenvalue weighted by molar-refractivity contribution is -0.122. The maximum Gasteiger partial charge on any atom is 0.145 e. The summed E-state index contributed by atoms with van der Waals surface area (Å²) in [6, 6.07) is 0. The number of hydrogen-bond donors (Lipinski definition) is 0. The van der Waals surface area contributed by atoms with Crippen LogP contribution in [0.25, 0.3) is 0 Å². The molecule has 0 atom stereocenters. The number of aromatic nitrogens is 1. The molecule has 2 nitrogen and oxygen atoms in total. The molecular formula is C9H11NOS. The zero-order valence-electron chi connectivity index (χ0n) is 7.04. The average Bonchev–Trinajstić information content (AvgIpc) is 2.63. The third kappa shape index (κ3) is 1.41. The predicted molar refractivity (Wildman–Crippen MR) is 48.2 cm³/mol. The number of Topliss-reactive ketones (excluding diaryl/α,β-unsaturated/α-hetero) is 1. The summed E-state index contributed by atoms with van der Waals surface area (Å²) in [5.41, 5.74) is 0.00562. The SMILES string of the molecule is CC1(C(=O)Cc2nccs2)CC1. The molecule has 1 aliphatic carbocycles. The lowest BCUT2D eigenvalue weighted by Crippen LogP contribution is -2.14. The number of thiazole rings is 1. The summed E-state index contributed by atoms with van der Waals surface area (Å²) in [5, 5.41) is 2.87. The zero-order chi connectivity index (χ0) is 8.60. The van der Waals surface area contributed by atoms with Gasteiger partial charge >= 0.3 is 0 Å². The third-order valence-electron chi connectivity index (χ3n) is 2.47. The van der Waals surface area contributed by atoms with Gasteiger partial charge in [0.2, 0.25) is 0 Å². The van der Waals surface area contributed by atoms with Crippen LogP contribution in [0.2, 0.25) is 0 Å². The summed E-state index contributed by atoms with van der Waals surface area (Å²) in [4.78, 5) is 15.7. The summed E-state index contributed by atoms with van der Waals surface area (Å²) < 4.78 is 0. The minimum Gasteiger partial charge on any atom is -0.299 e. The van der Waals surface area contributed by atoms with Crippen molar-refractivity contribution in [3.05, 3.63) is 16.6 Å². The Morgan fingerprint density at radius 1 is 1.75 bits per heavy atom. The van der Waals surface area contributed by atoms with E-state index in [1.807, 2.05) is 12.3 Å². The van der Waals surface area contributed by atoms with Crippen molar-refractivity contribution in [3.8, 4) is 0 Å². The van der Waals surface area contributed by atoms with Crippen LogP contribution in [0.5, 0.6) is 0 Å². The highest BCUT2D eigenvalue weighted by Gasteiger charge is 2.44. The largest absolute Gasteiger partial charge is 0.299 e. The number of carbonyl (C=O) groups excluding carboxylic acids is 1. The zero-order valence-corrected chi connectivity index (χ0v) is 7.86. The van der Waals surface area contributed by atoms with Crippen molar-refractivity contribution < 1.29 is 4.79 Å². The van der Waals surface area contributed by atoms with E-state index in [0.717, 1.165) is 17.8 Å². The van der Waals surface area contributed by atoms with E-state index in [2.05, 4.69) is 4.98 Å². The summed E-state index contributed by atoms with van der Waals surface area (Å²) in [6.45, 7) is 2.04. The van der Waals surface area contributed by atoms with Crippen LogP contribution in [0.15, 0.2) is 11.6 Å². The van der Waals surface area contributed by atoms with E-state index in [-0.39, 0.29) is 5.41 Å². The molecular weight excluding hydrogens is 170 g/mol. The molecule has 0 radical (unpaired) electrons. The second-order valence-electron chi connectivity index (χ2n) is 3.59. The molecule has 0 saturated heterocycles. The van der Waals surface area contributed by atoms with Crippen LogP contribution in [0.1, 0.15) is 24.8 Å². The Labute approximate surface area is 75.6 Å². The monoisotopic (exact) mass is 181 g/mol. The first kappa shape index (κ1) is 7.92. The topological polar surface area (TPSA) is 30.0 Å². The van der Waals surface area contributed by atoms with Crippen LogP contribution in [0.4, 0.5) is 0 Å². The van der Waals surface area contributed by atoms with Crippen LogP contribution >= 0.6 is 11.3 Å². The van der Waals surface area contributed by atoms with Crippen molar-refractivity contribution in [1.82, 2.24) is 4.98 Å². The van der Waals surface area contributed by atoms with Crippen molar-refractivity contribution >= 4 is 17.1 Å². The second kappa shape index (κ2) is 2.66.